The number of nitrogens with zero attached hydrogens (tertiary/aromatic N) is 1. The van der Waals surface area contributed by atoms with Crippen molar-refractivity contribution in [2.45, 2.75) is 4.90 Å². The number of nitrogens with one attached hydrogen (secondary N) is 1. The molecule has 1 aliphatic heterocycles. The maximum absolute atomic E-state index is 13.0. The Balaban J connectivity index is 2.03. The first-order valence-corrected chi connectivity index (χ1v) is 9.08. The molecule has 1 N–H and O–H groups in total. The monoisotopic (exact) mass is 378 g/mol. The Hall–Kier alpha value is -2.94. The van der Waals surface area contributed by atoms with E-state index in [-0.39, 0.29) is 17.4 Å². The average molecular weight is 378 g/mol. The largest absolute Gasteiger partial charge is 0.497 e. The average Bonchev–Trinajstić information content (AvgIpc) is 2.66. The van der Waals surface area contributed by atoms with Gasteiger partial charge in [-0.1, -0.05) is 0 Å². The van der Waals surface area contributed by atoms with E-state index in [1.807, 2.05) is 0 Å². The maximum Gasteiger partial charge on any atom is 0.264 e. The summed E-state index contributed by atoms with van der Waals surface area (Å²) in [7, 11) is 0.456. The van der Waals surface area contributed by atoms with E-state index in [1.54, 1.807) is 18.2 Å². The predicted molar refractivity (Wildman–Crippen MR) is 95.7 cm³/mol. The zero-order valence-corrected chi connectivity index (χ0v) is 15.3. The van der Waals surface area contributed by atoms with E-state index in [9.17, 15) is 13.2 Å². The minimum atomic E-state index is -3.91. The highest BCUT2D eigenvalue weighted by Crippen LogP contribution is 2.36. The van der Waals surface area contributed by atoms with E-state index in [2.05, 4.69) is 5.32 Å². The minimum Gasteiger partial charge on any atom is -0.497 e. The molecule has 26 heavy (non-hydrogen) atoms. The van der Waals surface area contributed by atoms with Crippen LogP contribution in [0, 0.1) is 0 Å². The third kappa shape index (κ3) is 3.13. The molecule has 0 radical (unpaired) electrons. The SMILES string of the molecule is COc1ccc(OC)c(N(C)S(=O)(=O)c2ccc3c(c2)NC(=O)CO3)c1. The second-order valence-electron chi connectivity index (χ2n) is 5.51. The first-order chi connectivity index (χ1) is 12.4. The first-order valence-electron chi connectivity index (χ1n) is 7.64. The van der Waals surface area contributed by atoms with Gasteiger partial charge in [0, 0.05) is 13.1 Å². The Kier molecular flexibility index (Phi) is 4.64. The molecule has 0 bridgehead atoms. The van der Waals surface area contributed by atoms with Crippen LogP contribution in [0.5, 0.6) is 17.2 Å². The van der Waals surface area contributed by atoms with Gasteiger partial charge in [-0.25, -0.2) is 8.42 Å². The van der Waals surface area contributed by atoms with Gasteiger partial charge in [-0.15, -0.1) is 0 Å². The molecule has 9 heteroatoms. The number of carbonyl (C=O) groups excluding carboxylic acids is 1. The van der Waals surface area contributed by atoms with Crippen LogP contribution in [-0.2, 0) is 14.8 Å². The minimum absolute atomic E-state index is 0.00872. The number of methoxy groups -OCH3 is 2. The number of fused-ring (bicyclic) bond motifs is 1. The summed E-state index contributed by atoms with van der Waals surface area (Å²) in [5.74, 6) is 0.959. The predicted octanol–water partition coefficient (Wildman–Crippen LogP) is 1.86. The van der Waals surface area contributed by atoms with Crippen molar-refractivity contribution in [1.82, 2.24) is 0 Å². The Morgan fingerprint density at radius 1 is 1.12 bits per heavy atom. The summed E-state index contributed by atoms with van der Waals surface area (Å²) in [4.78, 5) is 11.5. The number of carbonyl (C=O) groups is 1. The summed E-state index contributed by atoms with van der Waals surface area (Å²) < 4.78 is 42.9. The normalized spacial score (nSPS) is 13.3. The zero-order chi connectivity index (χ0) is 18.9. The number of rotatable bonds is 5. The number of sulfonamides is 1. The summed E-state index contributed by atoms with van der Waals surface area (Å²) in [5.41, 5.74) is 0.637. The van der Waals surface area contributed by atoms with E-state index in [1.165, 1.54) is 39.5 Å². The van der Waals surface area contributed by atoms with E-state index < -0.39 is 10.0 Å². The standard InChI is InChI=1S/C17H18N2O6S/c1-19(14-8-11(23-2)4-6-16(14)24-3)26(21,22)12-5-7-15-13(9-12)18-17(20)10-25-15/h4-9H,10H2,1-3H3,(H,18,20). The lowest BCUT2D eigenvalue weighted by Crippen LogP contribution is -2.28. The highest BCUT2D eigenvalue weighted by atomic mass is 32.2. The lowest BCUT2D eigenvalue weighted by molar-refractivity contribution is -0.118. The maximum atomic E-state index is 13.0. The second-order valence-corrected chi connectivity index (χ2v) is 7.47. The molecule has 2 aromatic rings. The Bertz CT molecular complexity index is 958. The van der Waals surface area contributed by atoms with Crippen LogP contribution in [0.4, 0.5) is 11.4 Å². The number of ether oxygens (including phenoxy) is 3. The number of amides is 1. The fourth-order valence-electron chi connectivity index (χ4n) is 2.55. The van der Waals surface area contributed by atoms with Crippen molar-refractivity contribution < 1.29 is 27.4 Å². The highest BCUT2D eigenvalue weighted by molar-refractivity contribution is 7.92. The van der Waals surface area contributed by atoms with Gasteiger partial charge in [0.25, 0.3) is 15.9 Å². The number of hydrogen-bond donors (Lipinski definition) is 1. The van der Waals surface area contributed by atoms with Gasteiger partial charge in [-0.2, -0.15) is 0 Å². The van der Waals surface area contributed by atoms with Gasteiger partial charge in [0.15, 0.2) is 6.61 Å². The molecule has 3 rings (SSSR count). The summed E-state index contributed by atoms with van der Waals surface area (Å²) in [6.45, 7) is -0.0972. The number of benzene rings is 2. The van der Waals surface area contributed by atoms with Gasteiger partial charge >= 0.3 is 0 Å². The van der Waals surface area contributed by atoms with Crippen molar-refractivity contribution in [1.29, 1.82) is 0 Å². The first kappa shape index (κ1) is 17.9. The fraction of sp³-hybridized carbons (Fsp3) is 0.235. The molecule has 1 heterocycles. The number of anilines is 2. The van der Waals surface area contributed by atoms with Crippen LogP contribution < -0.4 is 23.8 Å². The van der Waals surface area contributed by atoms with Gasteiger partial charge in [0.05, 0.1) is 30.5 Å². The molecule has 1 aliphatic rings. The van der Waals surface area contributed by atoms with E-state index in [4.69, 9.17) is 14.2 Å². The molecule has 138 valence electrons. The van der Waals surface area contributed by atoms with Crippen LogP contribution in [0.25, 0.3) is 0 Å². The fourth-order valence-corrected chi connectivity index (χ4v) is 3.78. The smallest absolute Gasteiger partial charge is 0.264 e. The lowest BCUT2D eigenvalue weighted by atomic mass is 10.2. The molecule has 0 aliphatic carbocycles. The van der Waals surface area contributed by atoms with E-state index >= 15 is 0 Å². The quantitative estimate of drug-likeness (QED) is 0.853. The van der Waals surface area contributed by atoms with Crippen LogP contribution in [0.1, 0.15) is 0 Å². The molecule has 0 atom stereocenters. The molecule has 0 aromatic heterocycles. The van der Waals surface area contributed by atoms with Gasteiger partial charge in [0.1, 0.15) is 17.2 Å². The highest BCUT2D eigenvalue weighted by Gasteiger charge is 2.26. The molecule has 0 unspecified atom stereocenters. The lowest BCUT2D eigenvalue weighted by Gasteiger charge is -2.23. The molecule has 0 spiro atoms. The topological polar surface area (TPSA) is 94.2 Å². The van der Waals surface area contributed by atoms with Gasteiger partial charge in [-0.05, 0) is 30.3 Å². The van der Waals surface area contributed by atoms with Crippen molar-refractivity contribution in [3.63, 3.8) is 0 Å². The third-order valence-electron chi connectivity index (χ3n) is 3.97. The van der Waals surface area contributed by atoms with Crippen molar-refractivity contribution in [3.8, 4) is 17.2 Å². The van der Waals surface area contributed by atoms with Crippen molar-refractivity contribution >= 4 is 27.3 Å². The molecular weight excluding hydrogens is 360 g/mol. The molecule has 0 fully saturated rings. The molecular formula is C17H18N2O6S. The molecule has 0 saturated carbocycles. The van der Waals surface area contributed by atoms with Crippen LogP contribution in [0.3, 0.4) is 0 Å². The summed E-state index contributed by atoms with van der Waals surface area (Å²) >= 11 is 0. The summed E-state index contributed by atoms with van der Waals surface area (Å²) in [6, 6.07) is 9.17. The van der Waals surface area contributed by atoms with Crippen molar-refractivity contribution in [2.24, 2.45) is 0 Å². The molecule has 2 aromatic carbocycles. The molecule has 1 amide bonds. The summed E-state index contributed by atoms with van der Waals surface area (Å²) in [5, 5.41) is 2.60. The van der Waals surface area contributed by atoms with E-state index in [0.29, 0.717) is 28.6 Å². The summed E-state index contributed by atoms with van der Waals surface area (Å²) in [6.07, 6.45) is 0. The zero-order valence-electron chi connectivity index (χ0n) is 14.5. The second kappa shape index (κ2) is 6.75. The third-order valence-corrected chi connectivity index (χ3v) is 5.73. The van der Waals surface area contributed by atoms with Crippen LogP contribution in [-0.4, -0.2) is 42.2 Å². The Morgan fingerprint density at radius 2 is 1.88 bits per heavy atom. The van der Waals surface area contributed by atoms with Crippen molar-refractivity contribution in [2.75, 3.05) is 37.5 Å². The van der Waals surface area contributed by atoms with Gasteiger partial charge in [0.2, 0.25) is 0 Å². The van der Waals surface area contributed by atoms with Gasteiger partial charge < -0.3 is 19.5 Å². The molecule has 0 saturated heterocycles. The van der Waals surface area contributed by atoms with E-state index in [0.717, 1.165) is 4.31 Å². The van der Waals surface area contributed by atoms with Crippen LogP contribution in [0.15, 0.2) is 41.3 Å². The Morgan fingerprint density at radius 3 is 2.58 bits per heavy atom. The molecule has 8 nitrogen and oxygen atoms in total. The van der Waals surface area contributed by atoms with Gasteiger partial charge in [-0.3, -0.25) is 9.10 Å². The van der Waals surface area contributed by atoms with Crippen LogP contribution in [0.2, 0.25) is 0 Å². The van der Waals surface area contributed by atoms with Crippen molar-refractivity contribution in [3.05, 3.63) is 36.4 Å². The number of hydrogen-bond acceptors (Lipinski definition) is 6. The Labute approximate surface area is 151 Å². The van der Waals surface area contributed by atoms with Crippen LogP contribution >= 0.6 is 0 Å².